The molecular formula is C12H18N4O2. The highest BCUT2D eigenvalue weighted by Gasteiger charge is 2.26. The first-order valence-corrected chi connectivity index (χ1v) is 6.16. The number of primary amides is 1. The molecule has 0 unspecified atom stereocenters. The standard InChI is InChI=1S/C12H18N4O2/c1-8-14-9(6-12(18)15-8)10-4-2-3-5-16(10)7-11(13)17/h6,10H,2-5,7H2,1H3,(H2,13,17)(H,14,15,18)/t10-/m0/s1. The topological polar surface area (TPSA) is 92.1 Å². The number of carbonyl (C=O) groups excluding carboxylic acids is 1. The van der Waals surface area contributed by atoms with Gasteiger partial charge in [-0.2, -0.15) is 0 Å². The first-order valence-electron chi connectivity index (χ1n) is 6.16. The molecule has 1 amide bonds. The number of amides is 1. The van der Waals surface area contributed by atoms with E-state index in [2.05, 4.69) is 9.97 Å². The zero-order valence-corrected chi connectivity index (χ0v) is 10.5. The van der Waals surface area contributed by atoms with Gasteiger partial charge in [-0.15, -0.1) is 0 Å². The van der Waals surface area contributed by atoms with Crippen LogP contribution >= 0.6 is 0 Å². The maximum atomic E-state index is 11.5. The molecule has 0 radical (unpaired) electrons. The molecule has 98 valence electrons. The van der Waals surface area contributed by atoms with E-state index in [-0.39, 0.29) is 24.1 Å². The van der Waals surface area contributed by atoms with Crippen LogP contribution in [0.3, 0.4) is 0 Å². The molecule has 2 rings (SSSR count). The molecule has 6 nitrogen and oxygen atoms in total. The minimum absolute atomic E-state index is 0.0206. The van der Waals surface area contributed by atoms with Crippen molar-refractivity contribution in [2.75, 3.05) is 13.1 Å². The molecular weight excluding hydrogens is 232 g/mol. The molecule has 1 aliphatic rings. The first-order chi connectivity index (χ1) is 8.56. The summed E-state index contributed by atoms with van der Waals surface area (Å²) in [7, 11) is 0. The minimum atomic E-state index is -0.344. The molecule has 1 atom stereocenters. The van der Waals surface area contributed by atoms with Crippen molar-refractivity contribution in [1.82, 2.24) is 14.9 Å². The molecule has 18 heavy (non-hydrogen) atoms. The number of nitrogens with two attached hydrogens (primary N) is 1. The van der Waals surface area contributed by atoms with Crippen molar-refractivity contribution >= 4 is 5.91 Å². The van der Waals surface area contributed by atoms with Crippen molar-refractivity contribution < 1.29 is 4.79 Å². The molecule has 3 N–H and O–H groups in total. The number of H-pyrrole nitrogens is 1. The number of likely N-dealkylation sites (tertiary alicyclic amines) is 1. The quantitative estimate of drug-likeness (QED) is 0.795. The maximum Gasteiger partial charge on any atom is 0.251 e. The smallest absolute Gasteiger partial charge is 0.251 e. The van der Waals surface area contributed by atoms with Gasteiger partial charge in [-0.25, -0.2) is 4.98 Å². The maximum absolute atomic E-state index is 11.5. The molecule has 1 aliphatic heterocycles. The van der Waals surface area contributed by atoms with Crippen LogP contribution in [0.4, 0.5) is 0 Å². The van der Waals surface area contributed by atoms with Gasteiger partial charge in [0.15, 0.2) is 0 Å². The summed E-state index contributed by atoms with van der Waals surface area (Å²) in [6.07, 6.45) is 3.03. The summed E-state index contributed by atoms with van der Waals surface area (Å²) in [5.74, 6) is 0.255. The van der Waals surface area contributed by atoms with Gasteiger partial charge in [-0.05, 0) is 26.3 Å². The molecule has 6 heteroatoms. The Labute approximate surface area is 105 Å². The summed E-state index contributed by atoms with van der Waals surface area (Å²) in [6.45, 7) is 2.80. The fourth-order valence-corrected chi connectivity index (χ4v) is 2.49. The number of nitrogens with zero attached hydrogens (tertiary/aromatic N) is 2. The SMILES string of the molecule is Cc1nc([C@@H]2CCCCN2CC(N)=O)cc(=O)[nH]1. The van der Waals surface area contributed by atoms with Gasteiger partial charge in [0.1, 0.15) is 5.82 Å². The van der Waals surface area contributed by atoms with Crippen molar-refractivity contribution in [3.8, 4) is 0 Å². The molecule has 1 aromatic heterocycles. The van der Waals surface area contributed by atoms with Gasteiger partial charge in [0.25, 0.3) is 5.56 Å². The van der Waals surface area contributed by atoms with Crippen LogP contribution < -0.4 is 11.3 Å². The Morgan fingerprint density at radius 3 is 3.06 bits per heavy atom. The van der Waals surface area contributed by atoms with Gasteiger partial charge in [-0.1, -0.05) is 6.42 Å². The number of carbonyl (C=O) groups is 1. The molecule has 0 aliphatic carbocycles. The molecule has 1 saturated heterocycles. The monoisotopic (exact) mass is 250 g/mol. The van der Waals surface area contributed by atoms with E-state index in [1.165, 1.54) is 6.07 Å². The number of piperidine rings is 1. The highest BCUT2D eigenvalue weighted by Crippen LogP contribution is 2.28. The van der Waals surface area contributed by atoms with Crippen molar-refractivity contribution in [1.29, 1.82) is 0 Å². The Morgan fingerprint density at radius 2 is 2.39 bits per heavy atom. The number of aromatic nitrogens is 2. The van der Waals surface area contributed by atoms with Gasteiger partial charge in [0.05, 0.1) is 18.3 Å². The van der Waals surface area contributed by atoms with Crippen LogP contribution in [0.15, 0.2) is 10.9 Å². The lowest BCUT2D eigenvalue weighted by Crippen LogP contribution is -2.40. The second-order valence-corrected chi connectivity index (χ2v) is 4.70. The van der Waals surface area contributed by atoms with Gasteiger partial charge < -0.3 is 10.7 Å². The Kier molecular flexibility index (Phi) is 3.76. The Morgan fingerprint density at radius 1 is 1.61 bits per heavy atom. The number of aryl methyl sites for hydroxylation is 1. The third-order valence-electron chi connectivity index (χ3n) is 3.19. The van der Waals surface area contributed by atoms with Gasteiger partial charge in [0, 0.05) is 6.07 Å². The van der Waals surface area contributed by atoms with E-state index < -0.39 is 0 Å². The van der Waals surface area contributed by atoms with E-state index in [9.17, 15) is 9.59 Å². The average molecular weight is 250 g/mol. The predicted octanol–water partition coefficient (Wildman–Crippen LogP) is 0.0906. The largest absolute Gasteiger partial charge is 0.369 e. The molecule has 1 aromatic rings. The second-order valence-electron chi connectivity index (χ2n) is 4.70. The summed E-state index contributed by atoms with van der Waals surface area (Å²) < 4.78 is 0. The summed E-state index contributed by atoms with van der Waals surface area (Å²) in [5.41, 5.74) is 5.84. The van der Waals surface area contributed by atoms with E-state index in [4.69, 9.17) is 5.73 Å². The molecule has 0 spiro atoms. The fraction of sp³-hybridized carbons (Fsp3) is 0.583. The van der Waals surface area contributed by atoms with E-state index in [1.54, 1.807) is 6.92 Å². The third kappa shape index (κ3) is 2.95. The number of hydrogen-bond donors (Lipinski definition) is 2. The van der Waals surface area contributed by atoms with Crippen molar-refractivity contribution in [3.05, 3.63) is 27.9 Å². The molecule has 2 heterocycles. The summed E-state index contributed by atoms with van der Waals surface area (Å²) in [4.78, 5) is 31.5. The average Bonchev–Trinajstić information content (AvgIpc) is 2.27. The van der Waals surface area contributed by atoms with Gasteiger partial charge >= 0.3 is 0 Å². The summed E-state index contributed by atoms with van der Waals surface area (Å²) >= 11 is 0. The lowest BCUT2D eigenvalue weighted by molar-refractivity contribution is -0.120. The normalized spacial score (nSPS) is 20.8. The van der Waals surface area contributed by atoms with Crippen LogP contribution in [0.5, 0.6) is 0 Å². The van der Waals surface area contributed by atoms with Crippen molar-refractivity contribution in [2.24, 2.45) is 5.73 Å². The molecule has 1 fully saturated rings. The highest BCUT2D eigenvalue weighted by molar-refractivity contribution is 5.76. The van der Waals surface area contributed by atoms with Crippen LogP contribution in [0.1, 0.15) is 36.8 Å². The molecule has 0 aromatic carbocycles. The van der Waals surface area contributed by atoms with Crippen LogP contribution in [0.2, 0.25) is 0 Å². The zero-order valence-electron chi connectivity index (χ0n) is 10.5. The van der Waals surface area contributed by atoms with Crippen LogP contribution in [-0.2, 0) is 4.79 Å². The van der Waals surface area contributed by atoms with Crippen LogP contribution in [0, 0.1) is 6.92 Å². The van der Waals surface area contributed by atoms with Crippen LogP contribution in [0.25, 0.3) is 0 Å². The number of rotatable bonds is 3. The zero-order chi connectivity index (χ0) is 13.1. The summed E-state index contributed by atoms with van der Waals surface area (Å²) in [6, 6.07) is 1.53. The first kappa shape index (κ1) is 12.8. The second kappa shape index (κ2) is 5.30. The predicted molar refractivity (Wildman–Crippen MR) is 67.0 cm³/mol. The lowest BCUT2D eigenvalue weighted by Gasteiger charge is -2.34. The Bertz CT molecular complexity index is 497. The van der Waals surface area contributed by atoms with Crippen LogP contribution in [-0.4, -0.2) is 33.9 Å². The fourth-order valence-electron chi connectivity index (χ4n) is 2.49. The Balaban J connectivity index is 2.27. The number of nitrogens with one attached hydrogen (secondary N) is 1. The van der Waals surface area contributed by atoms with E-state index in [0.29, 0.717) is 5.82 Å². The van der Waals surface area contributed by atoms with Crippen molar-refractivity contribution in [3.63, 3.8) is 0 Å². The Hall–Kier alpha value is -1.69. The minimum Gasteiger partial charge on any atom is -0.369 e. The highest BCUT2D eigenvalue weighted by atomic mass is 16.1. The van der Waals surface area contributed by atoms with Gasteiger partial charge in [0.2, 0.25) is 5.91 Å². The number of aromatic amines is 1. The van der Waals surface area contributed by atoms with Crippen molar-refractivity contribution in [2.45, 2.75) is 32.2 Å². The van der Waals surface area contributed by atoms with E-state index in [0.717, 1.165) is 31.5 Å². The van der Waals surface area contributed by atoms with E-state index in [1.807, 2.05) is 4.90 Å². The van der Waals surface area contributed by atoms with Gasteiger partial charge in [-0.3, -0.25) is 14.5 Å². The summed E-state index contributed by atoms with van der Waals surface area (Å²) in [5, 5.41) is 0. The third-order valence-corrected chi connectivity index (χ3v) is 3.19. The molecule has 0 saturated carbocycles. The number of hydrogen-bond acceptors (Lipinski definition) is 4. The molecule has 0 bridgehead atoms. The lowest BCUT2D eigenvalue weighted by atomic mass is 9.99. The van der Waals surface area contributed by atoms with E-state index >= 15 is 0 Å².